The van der Waals surface area contributed by atoms with E-state index in [-0.39, 0.29) is 5.57 Å². The van der Waals surface area contributed by atoms with E-state index in [0.29, 0.717) is 32.5 Å². The number of carbonyl (C=O) groups excluding carboxylic acids is 1. The van der Waals surface area contributed by atoms with Gasteiger partial charge in [0.1, 0.15) is 6.07 Å². The number of allylic oxidation sites excluding steroid dienone is 2. The minimum atomic E-state index is -1.23. The van der Waals surface area contributed by atoms with Gasteiger partial charge < -0.3 is 14.6 Å². The van der Waals surface area contributed by atoms with Gasteiger partial charge in [0, 0.05) is 0 Å². The van der Waals surface area contributed by atoms with Gasteiger partial charge in [-0.3, -0.25) is 4.79 Å². The molecule has 0 aliphatic carbocycles. The fourth-order valence-electron chi connectivity index (χ4n) is 0.922. The molecule has 88 valence electrons. The van der Waals surface area contributed by atoms with Crippen LogP contribution < -0.4 is 0 Å². The summed E-state index contributed by atoms with van der Waals surface area (Å²) in [6.45, 7) is 4.42. The third kappa shape index (κ3) is 6.76. The molecule has 5 nitrogen and oxygen atoms in total. The Balaban J connectivity index is 3.68. The van der Waals surface area contributed by atoms with E-state index in [1.165, 1.54) is 12.2 Å². The van der Waals surface area contributed by atoms with Gasteiger partial charge in [0.15, 0.2) is 6.29 Å². The Morgan fingerprint density at radius 3 is 2.75 bits per heavy atom. The van der Waals surface area contributed by atoms with E-state index in [9.17, 15) is 9.90 Å². The fourth-order valence-corrected chi connectivity index (χ4v) is 0.922. The predicted molar refractivity (Wildman–Crippen MR) is 57.1 cm³/mol. The summed E-state index contributed by atoms with van der Waals surface area (Å²) >= 11 is 0. The van der Waals surface area contributed by atoms with Crippen LogP contribution in [-0.4, -0.2) is 31.1 Å². The molecule has 1 unspecified atom stereocenters. The Labute approximate surface area is 94.6 Å². The molecule has 0 saturated carbocycles. The number of carbonyl (C=O) groups is 1. The van der Waals surface area contributed by atoms with Gasteiger partial charge >= 0.3 is 0 Å². The largest absolute Gasteiger partial charge is 0.468 e. The van der Waals surface area contributed by atoms with E-state index < -0.39 is 6.29 Å². The maximum absolute atomic E-state index is 9.80. The zero-order chi connectivity index (χ0) is 12.2. The summed E-state index contributed by atoms with van der Waals surface area (Å²) in [5, 5.41) is 18.0. The minimum Gasteiger partial charge on any atom is -0.468 e. The number of hydrogen-bond acceptors (Lipinski definition) is 5. The second kappa shape index (κ2) is 9.90. The number of ether oxygens (including phenoxy) is 2. The lowest BCUT2D eigenvalue weighted by Gasteiger charge is -2.10. The average Bonchev–Trinajstić information content (AvgIpc) is 2.30. The van der Waals surface area contributed by atoms with Crippen LogP contribution in [0.25, 0.3) is 0 Å². The topological polar surface area (TPSA) is 79.6 Å². The van der Waals surface area contributed by atoms with Crippen LogP contribution >= 0.6 is 0 Å². The highest BCUT2D eigenvalue weighted by Gasteiger charge is 2.09. The molecule has 1 atom stereocenters. The third-order valence-electron chi connectivity index (χ3n) is 1.69. The van der Waals surface area contributed by atoms with Gasteiger partial charge in [0.05, 0.1) is 18.8 Å². The summed E-state index contributed by atoms with van der Waals surface area (Å²) < 4.78 is 9.47. The van der Waals surface area contributed by atoms with Crippen LogP contribution in [0.15, 0.2) is 24.3 Å². The van der Waals surface area contributed by atoms with E-state index in [1.54, 1.807) is 0 Å². The molecule has 0 aromatic rings. The van der Waals surface area contributed by atoms with Crippen molar-refractivity contribution in [2.24, 2.45) is 0 Å². The number of aliphatic hydroxyl groups is 1. The summed E-state index contributed by atoms with van der Waals surface area (Å²) in [4.78, 5) is 9.80. The van der Waals surface area contributed by atoms with Crippen LogP contribution in [0.4, 0.5) is 0 Å². The number of unbranched alkanes of at least 4 members (excludes halogenated alkanes) is 1. The van der Waals surface area contributed by atoms with Gasteiger partial charge in [-0.15, -0.1) is 0 Å². The maximum Gasteiger partial charge on any atom is 0.293 e. The molecule has 0 spiro atoms. The normalized spacial score (nSPS) is 12.6. The molecule has 0 aliphatic rings. The van der Waals surface area contributed by atoms with Crippen molar-refractivity contribution in [3.63, 3.8) is 0 Å². The van der Waals surface area contributed by atoms with E-state index in [0.717, 1.165) is 0 Å². The first-order valence-electron chi connectivity index (χ1n) is 4.84. The second-order valence-corrected chi connectivity index (χ2v) is 2.87. The van der Waals surface area contributed by atoms with Gasteiger partial charge in [-0.25, -0.2) is 0 Å². The van der Waals surface area contributed by atoms with Crippen molar-refractivity contribution < 1.29 is 19.4 Å². The number of rotatable bonds is 9. The van der Waals surface area contributed by atoms with Crippen LogP contribution in [0.5, 0.6) is 0 Å². The van der Waals surface area contributed by atoms with Gasteiger partial charge in [-0.2, -0.15) is 5.26 Å². The number of hydrogen-bond donors (Lipinski definition) is 1. The molecule has 5 heteroatoms. The second-order valence-electron chi connectivity index (χ2n) is 2.87. The minimum absolute atomic E-state index is 0.110. The highest BCUT2D eigenvalue weighted by molar-refractivity contribution is 5.36. The van der Waals surface area contributed by atoms with Crippen molar-refractivity contribution >= 4 is 6.47 Å². The highest BCUT2D eigenvalue weighted by atomic mass is 16.6. The lowest BCUT2D eigenvalue weighted by Crippen LogP contribution is -2.15. The Kier molecular flexibility index (Phi) is 8.88. The van der Waals surface area contributed by atoms with Crippen molar-refractivity contribution in [3.8, 4) is 6.07 Å². The molecule has 0 aromatic carbocycles. The Morgan fingerprint density at radius 2 is 2.19 bits per heavy atom. The zero-order valence-corrected chi connectivity index (χ0v) is 8.96. The summed E-state index contributed by atoms with van der Waals surface area (Å²) in [6.07, 6.45) is 2.86. The summed E-state index contributed by atoms with van der Waals surface area (Å²) in [5.41, 5.74) is 0.110. The molecule has 1 N–H and O–H groups in total. The molecule has 0 heterocycles. The Hall–Kier alpha value is -1.64. The molecule has 0 rings (SSSR count). The molecule has 0 amide bonds. The monoisotopic (exact) mass is 225 g/mol. The molecule has 0 fully saturated rings. The number of nitrogens with zero attached hydrogens (tertiary/aromatic N) is 1. The Bertz CT molecular complexity index is 280. The first-order valence-corrected chi connectivity index (χ1v) is 4.84. The molecule has 0 radical (unpaired) electrons. The van der Waals surface area contributed by atoms with E-state index in [2.05, 4.69) is 11.3 Å². The SMILES string of the molecule is C=C/C=C(\C#N)C(O)OCCCCOC=O. The summed E-state index contributed by atoms with van der Waals surface area (Å²) in [7, 11) is 0. The summed E-state index contributed by atoms with van der Waals surface area (Å²) in [5.74, 6) is 0. The average molecular weight is 225 g/mol. The lowest BCUT2D eigenvalue weighted by atomic mass is 10.2. The van der Waals surface area contributed by atoms with Crippen LogP contribution in [0.3, 0.4) is 0 Å². The van der Waals surface area contributed by atoms with Gasteiger partial charge in [-0.05, 0) is 18.9 Å². The van der Waals surface area contributed by atoms with Crippen molar-refractivity contribution in [1.29, 1.82) is 5.26 Å². The first-order chi connectivity index (χ1) is 7.76. The molecular formula is C11H15NO4. The fraction of sp³-hybridized carbons (Fsp3) is 0.455. The van der Waals surface area contributed by atoms with Gasteiger partial charge in [0.25, 0.3) is 6.47 Å². The van der Waals surface area contributed by atoms with Crippen molar-refractivity contribution in [2.45, 2.75) is 19.1 Å². The van der Waals surface area contributed by atoms with E-state index in [1.807, 2.05) is 6.07 Å². The van der Waals surface area contributed by atoms with Gasteiger partial charge in [-0.1, -0.05) is 12.7 Å². The van der Waals surface area contributed by atoms with Crippen LogP contribution in [0.2, 0.25) is 0 Å². The number of aliphatic hydroxyl groups excluding tert-OH is 1. The quantitative estimate of drug-likeness (QED) is 0.207. The molecular weight excluding hydrogens is 210 g/mol. The van der Waals surface area contributed by atoms with Gasteiger partial charge in [0.2, 0.25) is 0 Å². The summed E-state index contributed by atoms with van der Waals surface area (Å²) in [6, 6.07) is 1.81. The number of nitriles is 1. The highest BCUT2D eigenvalue weighted by Crippen LogP contribution is 2.04. The molecule has 16 heavy (non-hydrogen) atoms. The van der Waals surface area contributed by atoms with Crippen molar-refractivity contribution in [3.05, 3.63) is 24.3 Å². The smallest absolute Gasteiger partial charge is 0.293 e. The molecule has 0 aliphatic heterocycles. The molecule has 0 saturated heterocycles. The lowest BCUT2D eigenvalue weighted by molar-refractivity contribution is -0.129. The van der Waals surface area contributed by atoms with Crippen molar-refractivity contribution in [2.75, 3.05) is 13.2 Å². The van der Waals surface area contributed by atoms with E-state index in [4.69, 9.17) is 10.00 Å². The third-order valence-corrected chi connectivity index (χ3v) is 1.69. The van der Waals surface area contributed by atoms with Crippen LogP contribution in [-0.2, 0) is 14.3 Å². The van der Waals surface area contributed by atoms with E-state index >= 15 is 0 Å². The molecule has 0 bridgehead atoms. The Morgan fingerprint density at radius 1 is 1.50 bits per heavy atom. The van der Waals surface area contributed by atoms with Crippen LogP contribution in [0.1, 0.15) is 12.8 Å². The predicted octanol–water partition coefficient (Wildman–Crippen LogP) is 0.911. The first kappa shape index (κ1) is 14.4. The maximum atomic E-state index is 9.80. The zero-order valence-electron chi connectivity index (χ0n) is 8.96. The van der Waals surface area contributed by atoms with Crippen LogP contribution in [0, 0.1) is 11.3 Å². The molecule has 0 aromatic heterocycles. The van der Waals surface area contributed by atoms with Crippen molar-refractivity contribution in [1.82, 2.24) is 0 Å². The standard InChI is InChI=1S/C11H15NO4/c1-2-5-10(8-12)11(14)16-7-4-3-6-15-9-13/h2,5,9,11,14H,1,3-4,6-7H2/b10-5+.